The predicted octanol–water partition coefficient (Wildman–Crippen LogP) is 3.41. The predicted molar refractivity (Wildman–Crippen MR) is 74.7 cm³/mol. The number of sulfonamides is 1. The summed E-state index contributed by atoms with van der Waals surface area (Å²) in [7, 11) is -6.47. The quantitative estimate of drug-likeness (QED) is 0.721. The van der Waals surface area contributed by atoms with E-state index in [0.29, 0.717) is 6.07 Å². The molecule has 0 bridgehead atoms. The molecule has 27 heavy (non-hydrogen) atoms. The lowest BCUT2D eigenvalue weighted by Gasteiger charge is -2.31. The number of benzene rings is 1. The van der Waals surface area contributed by atoms with E-state index in [0.717, 1.165) is 0 Å². The molecule has 0 aliphatic carbocycles. The van der Waals surface area contributed by atoms with Crippen molar-refractivity contribution in [2.45, 2.75) is 23.4 Å². The third kappa shape index (κ3) is 3.55. The van der Waals surface area contributed by atoms with Gasteiger partial charge >= 0.3 is 23.4 Å². The Labute approximate surface area is 145 Å². The van der Waals surface area contributed by atoms with E-state index < -0.39 is 39.0 Å². The van der Waals surface area contributed by atoms with Gasteiger partial charge in [-0.1, -0.05) is 18.2 Å². The van der Waals surface area contributed by atoms with E-state index in [1.807, 2.05) is 0 Å². The first-order valence-electron chi connectivity index (χ1n) is 6.62. The summed E-state index contributed by atoms with van der Waals surface area (Å²) in [5, 5.41) is -2.67. The van der Waals surface area contributed by atoms with Crippen LogP contribution in [-0.4, -0.2) is 30.9 Å². The summed E-state index contributed by atoms with van der Waals surface area (Å²) in [6.07, 6.45) is -12.6. The van der Waals surface area contributed by atoms with Gasteiger partial charge in [-0.2, -0.15) is 35.1 Å². The molecule has 2 aromatic rings. The molecule has 0 saturated heterocycles. The third-order valence-corrected chi connectivity index (χ3v) is 4.22. The van der Waals surface area contributed by atoms with Crippen molar-refractivity contribution in [3.8, 4) is 0 Å². The van der Waals surface area contributed by atoms with Crippen molar-refractivity contribution < 1.29 is 48.3 Å². The molecule has 2 N–H and O–H groups in total. The third-order valence-electron chi connectivity index (χ3n) is 3.27. The Bertz CT molecular complexity index is 965. The lowest BCUT2D eigenvalue weighted by molar-refractivity contribution is -0.459. The number of alkyl halides is 8. The smallest absolute Gasteiger partial charge is 0.256 e. The summed E-state index contributed by atoms with van der Waals surface area (Å²) >= 11 is 0. The van der Waals surface area contributed by atoms with Crippen LogP contribution in [0.4, 0.5) is 35.1 Å². The number of nitrogens with two attached hydrogens (primary N) is 1. The van der Waals surface area contributed by atoms with Gasteiger partial charge in [-0.3, -0.25) is 4.98 Å². The first-order valence-corrected chi connectivity index (χ1v) is 8.16. The number of hydrogen-bond donors (Lipinski definition) is 1. The van der Waals surface area contributed by atoms with Gasteiger partial charge in [-0.15, -0.1) is 0 Å². The number of halogens is 8. The molecule has 14 heteroatoms. The van der Waals surface area contributed by atoms with Crippen molar-refractivity contribution in [2.75, 3.05) is 0 Å². The number of hydrogen-bond acceptors (Lipinski definition) is 4. The SMILES string of the molecule is NS(=O)(=O)C(F)(F)C(F)(F)OC(F)(F)C(F)(F)c1cnc2ccccc2c1. The summed E-state index contributed by atoms with van der Waals surface area (Å²) in [4.78, 5) is 3.43. The summed E-state index contributed by atoms with van der Waals surface area (Å²) < 4.78 is 131. The second-order valence-corrected chi connectivity index (χ2v) is 6.79. The van der Waals surface area contributed by atoms with E-state index >= 15 is 0 Å². The van der Waals surface area contributed by atoms with Gasteiger partial charge in [0.25, 0.3) is 10.0 Å². The first kappa shape index (κ1) is 21.2. The molecule has 0 atom stereocenters. The van der Waals surface area contributed by atoms with Crippen LogP contribution in [0, 0.1) is 0 Å². The number of nitrogens with zero attached hydrogens (tertiary/aromatic N) is 1. The largest absolute Gasteiger partial charge is 0.448 e. The number of fused-ring (bicyclic) bond motifs is 1. The van der Waals surface area contributed by atoms with E-state index in [-0.39, 0.29) is 17.1 Å². The number of ether oxygens (including phenoxy) is 1. The second kappa shape index (κ2) is 6.24. The van der Waals surface area contributed by atoms with E-state index in [1.165, 1.54) is 24.3 Å². The molecule has 0 radical (unpaired) electrons. The highest BCUT2D eigenvalue weighted by atomic mass is 32.2. The van der Waals surface area contributed by atoms with Crippen LogP contribution in [0.3, 0.4) is 0 Å². The molecule has 0 amide bonds. The summed E-state index contributed by atoms with van der Waals surface area (Å²) in [5.41, 5.74) is -1.55. The van der Waals surface area contributed by atoms with Crippen molar-refractivity contribution in [1.82, 2.24) is 4.98 Å². The van der Waals surface area contributed by atoms with E-state index in [9.17, 15) is 43.5 Å². The van der Waals surface area contributed by atoms with E-state index in [2.05, 4.69) is 14.9 Å². The van der Waals surface area contributed by atoms with Gasteiger partial charge in [0.05, 0.1) is 5.52 Å². The van der Waals surface area contributed by atoms with Crippen LogP contribution in [0.5, 0.6) is 0 Å². The van der Waals surface area contributed by atoms with E-state index in [1.54, 1.807) is 0 Å². The van der Waals surface area contributed by atoms with Gasteiger partial charge in [0.2, 0.25) is 0 Å². The normalized spacial score (nSPS) is 14.6. The van der Waals surface area contributed by atoms with Crippen LogP contribution in [0.1, 0.15) is 5.56 Å². The van der Waals surface area contributed by atoms with Gasteiger partial charge < -0.3 is 0 Å². The Balaban J connectivity index is 2.46. The molecule has 0 unspecified atom stereocenters. The van der Waals surface area contributed by atoms with Crippen molar-refractivity contribution in [3.63, 3.8) is 0 Å². The minimum atomic E-state index is -6.57. The van der Waals surface area contributed by atoms with Crippen LogP contribution in [-0.2, 0) is 20.7 Å². The maximum atomic E-state index is 14.0. The molecule has 5 nitrogen and oxygen atoms in total. The van der Waals surface area contributed by atoms with Gasteiger partial charge in [-0.05, 0) is 12.1 Å². The highest BCUT2D eigenvalue weighted by molar-refractivity contribution is 7.90. The second-order valence-electron chi connectivity index (χ2n) is 5.19. The Morgan fingerprint density at radius 2 is 1.48 bits per heavy atom. The van der Waals surface area contributed by atoms with Crippen LogP contribution in [0.25, 0.3) is 10.9 Å². The molecule has 0 aliphatic heterocycles. The van der Waals surface area contributed by atoms with Gasteiger partial charge in [0, 0.05) is 17.1 Å². The fraction of sp³-hybridized carbons (Fsp3) is 0.308. The Morgan fingerprint density at radius 3 is 2.04 bits per heavy atom. The molecule has 1 aromatic heterocycles. The van der Waals surface area contributed by atoms with Crippen LogP contribution in [0.15, 0.2) is 36.5 Å². The molecule has 2 rings (SSSR count). The van der Waals surface area contributed by atoms with Gasteiger partial charge in [0.1, 0.15) is 0 Å². The molecule has 150 valence electrons. The van der Waals surface area contributed by atoms with Gasteiger partial charge in [0.15, 0.2) is 0 Å². The van der Waals surface area contributed by atoms with E-state index in [4.69, 9.17) is 0 Å². The number of rotatable bonds is 6. The lowest BCUT2D eigenvalue weighted by atomic mass is 10.1. The zero-order valence-corrected chi connectivity index (χ0v) is 13.5. The van der Waals surface area contributed by atoms with Crippen LogP contribution in [0.2, 0.25) is 0 Å². The number of primary sulfonamides is 1. The first-order chi connectivity index (χ1) is 12.0. The maximum absolute atomic E-state index is 14.0. The Morgan fingerprint density at radius 1 is 0.926 bits per heavy atom. The molecule has 0 saturated carbocycles. The summed E-state index contributed by atoms with van der Waals surface area (Å²) in [6.45, 7) is 0. The Hall–Kier alpha value is -2.06. The van der Waals surface area contributed by atoms with Crippen molar-refractivity contribution in [3.05, 3.63) is 42.1 Å². The van der Waals surface area contributed by atoms with Crippen LogP contribution >= 0.6 is 0 Å². The minimum absolute atomic E-state index is 0.0902. The average molecular weight is 424 g/mol. The zero-order chi connectivity index (χ0) is 20.9. The molecule has 1 heterocycles. The summed E-state index contributed by atoms with van der Waals surface area (Å²) in [6, 6.07) is 5.75. The molecule has 0 aliphatic rings. The number of para-hydroxylation sites is 1. The zero-order valence-electron chi connectivity index (χ0n) is 12.6. The topological polar surface area (TPSA) is 82.3 Å². The highest BCUT2D eigenvalue weighted by Gasteiger charge is 2.73. The highest BCUT2D eigenvalue weighted by Crippen LogP contribution is 2.50. The minimum Gasteiger partial charge on any atom is -0.256 e. The molecule has 1 aromatic carbocycles. The average Bonchev–Trinajstić information content (AvgIpc) is 2.52. The lowest BCUT2D eigenvalue weighted by Crippen LogP contribution is -2.56. The van der Waals surface area contributed by atoms with Crippen LogP contribution < -0.4 is 5.14 Å². The van der Waals surface area contributed by atoms with Crippen molar-refractivity contribution >= 4 is 20.9 Å². The molecular formula is C13H8F8N2O3S. The fourth-order valence-corrected chi connectivity index (χ4v) is 2.23. The Kier molecular flexibility index (Phi) is 4.91. The van der Waals surface area contributed by atoms with Crippen molar-refractivity contribution in [1.29, 1.82) is 0 Å². The van der Waals surface area contributed by atoms with Crippen molar-refractivity contribution in [2.24, 2.45) is 5.14 Å². The molecule has 0 spiro atoms. The number of aromatic nitrogens is 1. The molecular weight excluding hydrogens is 416 g/mol. The standard InChI is InChI=1S/C13H8F8N2O3S/c14-10(15,8-5-7-3-1-2-4-9(7)23-6-8)11(16,17)26-12(18,19)13(20,21)27(22,24)25/h1-6H,(H2,22,24,25). The fourth-order valence-electron chi connectivity index (χ4n) is 1.86. The number of pyridine rings is 1. The molecule has 0 fully saturated rings. The van der Waals surface area contributed by atoms with Gasteiger partial charge in [-0.25, -0.2) is 18.3 Å². The maximum Gasteiger partial charge on any atom is 0.448 e. The summed E-state index contributed by atoms with van der Waals surface area (Å²) in [5.74, 6) is -5.58. The monoisotopic (exact) mass is 424 g/mol.